The van der Waals surface area contributed by atoms with Gasteiger partial charge >= 0.3 is 0 Å². The molecule has 10 heavy (non-hydrogen) atoms. The molecular weight excluding hydrogens is 124 g/mol. The van der Waals surface area contributed by atoms with Crippen LogP contribution in [-0.2, 0) is 0 Å². The zero-order valence-corrected chi connectivity index (χ0v) is 6.17. The highest BCUT2D eigenvalue weighted by molar-refractivity contribution is 5.78. The van der Waals surface area contributed by atoms with Crippen molar-refractivity contribution in [3.63, 3.8) is 0 Å². The fraction of sp³-hybridized carbons (Fsp3) is 0.375. The van der Waals surface area contributed by atoms with Gasteiger partial charge < -0.3 is 5.32 Å². The highest BCUT2D eigenvalue weighted by Crippen LogP contribution is 1.91. The Hall–Kier alpha value is -1.05. The second kappa shape index (κ2) is 3.88. The first-order valence-corrected chi connectivity index (χ1v) is 3.54. The van der Waals surface area contributed by atoms with Crippen LogP contribution < -0.4 is 5.32 Å². The van der Waals surface area contributed by atoms with Crippen molar-refractivity contribution >= 4 is 6.21 Å². The fourth-order valence-electron chi connectivity index (χ4n) is 0.754. The van der Waals surface area contributed by atoms with Crippen LogP contribution >= 0.6 is 0 Å². The predicted octanol–water partition coefficient (Wildman–Crippen LogP) is 1.12. The van der Waals surface area contributed by atoms with Gasteiger partial charge in [-0.25, -0.2) is 0 Å². The van der Waals surface area contributed by atoms with Crippen LogP contribution in [0.3, 0.4) is 0 Å². The lowest BCUT2D eigenvalue weighted by Crippen LogP contribution is -2.16. The van der Waals surface area contributed by atoms with Crippen molar-refractivity contribution in [3.8, 4) is 0 Å². The number of hydrogen-bond donors (Lipinski definition) is 1. The summed E-state index contributed by atoms with van der Waals surface area (Å²) in [7, 11) is 0. The van der Waals surface area contributed by atoms with Gasteiger partial charge in [-0.15, -0.1) is 0 Å². The van der Waals surface area contributed by atoms with Gasteiger partial charge in [0.2, 0.25) is 0 Å². The molecule has 2 heteroatoms. The summed E-state index contributed by atoms with van der Waals surface area (Å²) in [5.74, 6) is 0. The highest BCUT2D eigenvalue weighted by atomic mass is 14.9. The third-order valence-electron chi connectivity index (χ3n) is 1.25. The maximum absolute atomic E-state index is 4.11. The topological polar surface area (TPSA) is 24.4 Å². The van der Waals surface area contributed by atoms with Gasteiger partial charge in [0.15, 0.2) is 0 Å². The Bertz CT molecular complexity index is 178. The molecule has 1 aliphatic heterocycles. The number of dihydropyridines is 1. The number of rotatable bonds is 2. The normalized spacial score (nSPS) is 17.1. The summed E-state index contributed by atoms with van der Waals surface area (Å²) < 4.78 is 0. The largest absolute Gasteiger partial charge is 0.380 e. The molecule has 0 aromatic rings. The van der Waals surface area contributed by atoms with Crippen LogP contribution in [0.5, 0.6) is 0 Å². The van der Waals surface area contributed by atoms with E-state index in [9.17, 15) is 0 Å². The van der Waals surface area contributed by atoms with Crippen LogP contribution in [-0.4, -0.2) is 19.3 Å². The van der Waals surface area contributed by atoms with Crippen LogP contribution in [0.15, 0.2) is 28.9 Å². The molecule has 0 spiro atoms. The highest BCUT2D eigenvalue weighted by Gasteiger charge is 1.90. The van der Waals surface area contributed by atoms with Gasteiger partial charge in [-0.3, -0.25) is 4.99 Å². The SMILES string of the molecule is CCN=CC1=CC=CCN1. The minimum absolute atomic E-state index is 0.850. The van der Waals surface area contributed by atoms with Crippen LogP contribution in [0, 0.1) is 0 Å². The number of hydrogen-bond acceptors (Lipinski definition) is 2. The van der Waals surface area contributed by atoms with Crippen LogP contribution in [0.25, 0.3) is 0 Å². The molecule has 0 unspecified atom stereocenters. The first kappa shape index (κ1) is 7.06. The van der Waals surface area contributed by atoms with E-state index in [1.165, 1.54) is 0 Å². The predicted molar refractivity (Wildman–Crippen MR) is 44.3 cm³/mol. The Kier molecular flexibility index (Phi) is 2.74. The third-order valence-corrected chi connectivity index (χ3v) is 1.25. The quantitative estimate of drug-likeness (QED) is 0.565. The molecule has 54 valence electrons. The smallest absolute Gasteiger partial charge is 0.0524 e. The molecule has 0 saturated carbocycles. The Morgan fingerprint density at radius 2 is 2.70 bits per heavy atom. The zero-order chi connectivity index (χ0) is 7.23. The zero-order valence-electron chi connectivity index (χ0n) is 6.17. The molecule has 0 amide bonds. The van der Waals surface area contributed by atoms with Crippen LogP contribution in [0.4, 0.5) is 0 Å². The summed E-state index contributed by atoms with van der Waals surface area (Å²) in [4.78, 5) is 4.11. The lowest BCUT2D eigenvalue weighted by atomic mass is 10.3. The third kappa shape index (κ3) is 2.05. The fourth-order valence-corrected chi connectivity index (χ4v) is 0.754. The number of aliphatic imine (C=N–C) groups is 1. The minimum Gasteiger partial charge on any atom is -0.380 e. The Labute approximate surface area is 61.4 Å². The van der Waals surface area contributed by atoms with E-state index >= 15 is 0 Å². The van der Waals surface area contributed by atoms with Crippen LogP contribution in [0.2, 0.25) is 0 Å². The van der Waals surface area contributed by atoms with Gasteiger partial charge in [0, 0.05) is 19.3 Å². The van der Waals surface area contributed by atoms with Crippen molar-refractivity contribution in [2.45, 2.75) is 6.92 Å². The van der Waals surface area contributed by atoms with Gasteiger partial charge in [-0.05, 0) is 13.0 Å². The van der Waals surface area contributed by atoms with Gasteiger partial charge in [-0.2, -0.15) is 0 Å². The summed E-state index contributed by atoms with van der Waals surface area (Å²) in [6.07, 6.45) is 7.99. The lowest BCUT2D eigenvalue weighted by molar-refractivity contribution is 0.937. The van der Waals surface area contributed by atoms with E-state index in [0.717, 1.165) is 18.8 Å². The van der Waals surface area contributed by atoms with E-state index in [-0.39, 0.29) is 0 Å². The summed E-state index contributed by atoms with van der Waals surface area (Å²) in [5.41, 5.74) is 1.10. The lowest BCUT2D eigenvalue weighted by Gasteiger charge is -2.05. The Morgan fingerprint density at radius 3 is 3.30 bits per heavy atom. The monoisotopic (exact) mass is 136 g/mol. The summed E-state index contributed by atoms with van der Waals surface area (Å²) in [5, 5.41) is 3.18. The molecule has 0 fully saturated rings. The molecule has 0 aromatic carbocycles. The van der Waals surface area contributed by atoms with E-state index in [2.05, 4.69) is 16.4 Å². The molecule has 1 N–H and O–H groups in total. The maximum Gasteiger partial charge on any atom is 0.0524 e. The first-order valence-electron chi connectivity index (χ1n) is 3.54. The second-order valence-electron chi connectivity index (χ2n) is 2.06. The van der Waals surface area contributed by atoms with Gasteiger partial charge in [0.1, 0.15) is 0 Å². The molecule has 0 bridgehead atoms. The van der Waals surface area contributed by atoms with E-state index in [1.54, 1.807) is 0 Å². The number of allylic oxidation sites excluding steroid dienone is 3. The molecule has 0 saturated heterocycles. The number of nitrogens with zero attached hydrogens (tertiary/aromatic N) is 1. The molecular formula is C8H12N2. The summed E-state index contributed by atoms with van der Waals surface area (Å²) >= 11 is 0. The second-order valence-corrected chi connectivity index (χ2v) is 2.06. The Balaban J connectivity index is 2.47. The molecule has 1 heterocycles. The van der Waals surface area contributed by atoms with E-state index in [4.69, 9.17) is 0 Å². The standard InChI is InChI=1S/C8H12N2/c1-2-9-7-8-5-3-4-6-10-8/h3-5,7,10H,2,6H2,1H3. The summed E-state index contributed by atoms with van der Waals surface area (Å²) in [6, 6.07) is 0. The molecule has 0 atom stereocenters. The van der Waals surface area contributed by atoms with Crippen LogP contribution in [0.1, 0.15) is 6.92 Å². The molecule has 1 rings (SSSR count). The van der Waals surface area contributed by atoms with Crippen molar-refractivity contribution in [3.05, 3.63) is 23.9 Å². The molecule has 0 aliphatic carbocycles. The van der Waals surface area contributed by atoms with E-state index < -0.39 is 0 Å². The van der Waals surface area contributed by atoms with Crippen molar-refractivity contribution in [2.75, 3.05) is 13.1 Å². The number of nitrogens with one attached hydrogen (secondary N) is 1. The molecule has 2 nitrogen and oxygen atoms in total. The van der Waals surface area contributed by atoms with Gasteiger partial charge in [0.05, 0.1) is 5.70 Å². The summed E-state index contributed by atoms with van der Waals surface area (Å²) in [6.45, 7) is 3.79. The molecule has 0 radical (unpaired) electrons. The molecule has 1 aliphatic rings. The molecule has 0 aromatic heterocycles. The van der Waals surface area contributed by atoms with Gasteiger partial charge in [0.25, 0.3) is 0 Å². The van der Waals surface area contributed by atoms with Crippen molar-refractivity contribution in [1.29, 1.82) is 0 Å². The van der Waals surface area contributed by atoms with E-state index in [1.807, 2.05) is 25.3 Å². The van der Waals surface area contributed by atoms with Gasteiger partial charge in [-0.1, -0.05) is 12.2 Å². The van der Waals surface area contributed by atoms with Crippen molar-refractivity contribution in [2.24, 2.45) is 4.99 Å². The maximum atomic E-state index is 4.11. The minimum atomic E-state index is 0.850. The average molecular weight is 136 g/mol. The van der Waals surface area contributed by atoms with Crippen molar-refractivity contribution in [1.82, 2.24) is 5.32 Å². The Morgan fingerprint density at radius 1 is 1.80 bits per heavy atom. The van der Waals surface area contributed by atoms with Crippen molar-refractivity contribution < 1.29 is 0 Å². The first-order chi connectivity index (χ1) is 4.93. The van der Waals surface area contributed by atoms with E-state index in [0.29, 0.717) is 0 Å². The average Bonchev–Trinajstić information content (AvgIpc) is 2.03.